The van der Waals surface area contributed by atoms with E-state index in [2.05, 4.69) is 33.7 Å². The Balaban J connectivity index is 1.97. The molecule has 2 aromatic rings. The highest BCUT2D eigenvalue weighted by molar-refractivity contribution is 5.84. The van der Waals surface area contributed by atoms with Gasteiger partial charge in [0.2, 0.25) is 0 Å². The number of aliphatic hydroxyl groups is 2. The molecule has 1 fully saturated rings. The van der Waals surface area contributed by atoms with E-state index < -0.39 is 6.10 Å². The second-order valence-corrected chi connectivity index (χ2v) is 8.82. The van der Waals surface area contributed by atoms with Gasteiger partial charge in [-0.25, -0.2) is 15.0 Å². The zero-order valence-electron chi connectivity index (χ0n) is 15.8. The molecule has 0 bridgehead atoms. The first-order valence-electron chi connectivity index (χ1n) is 8.86. The van der Waals surface area contributed by atoms with E-state index in [9.17, 15) is 10.2 Å². The van der Waals surface area contributed by atoms with Crippen LogP contribution in [0.25, 0.3) is 11.2 Å². The number of hydrogen-bond donors (Lipinski definition) is 2. The van der Waals surface area contributed by atoms with Gasteiger partial charge in [0.05, 0.1) is 19.0 Å². The highest BCUT2D eigenvalue weighted by Gasteiger charge is 2.40. The van der Waals surface area contributed by atoms with E-state index in [-0.39, 0.29) is 23.5 Å². The van der Waals surface area contributed by atoms with E-state index in [1.165, 1.54) is 0 Å². The Morgan fingerprint density at radius 3 is 2.60 bits per heavy atom. The van der Waals surface area contributed by atoms with Crippen LogP contribution in [-0.4, -0.2) is 54.5 Å². The molecule has 2 aromatic heterocycles. The monoisotopic (exact) mass is 347 g/mol. The maximum Gasteiger partial charge on any atom is 0.165 e. The summed E-state index contributed by atoms with van der Waals surface area (Å²) in [7, 11) is 0. The van der Waals surface area contributed by atoms with E-state index in [4.69, 9.17) is 0 Å². The smallest absolute Gasteiger partial charge is 0.165 e. The molecule has 0 aromatic carbocycles. The van der Waals surface area contributed by atoms with Crippen molar-refractivity contribution in [3.63, 3.8) is 0 Å². The van der Waals surface area contributed by atoms with Crippen LogP contribution in [0.2, 0.25) is 0 Å². The summed E-state index contributed by atoms with van der Waals surface area (Å²) in [5, 5.41) is 20.0. The van der Waals surface area contributed by atoms with Crippen molar-refractivity contribution in [2.24, 2.45) is 11.3 Å². The van der Waals surface area contributed by atoms with Gasteiger partial charge in [0.1, 0.15) is 6.33 Å². The Kier molecular flexibility index (Phi) is 4.49. The first-order chi connectivity index (χ1) is 11.6. The molecule has 7 nitrogen and oxygen atoms in total. The molecule has 1 aliphatic rings. The minimum absolute atomic E-state index is 0.0939. The average molecular weight is 347 g/mol. The third kappa shape index (κ3) is 3.35. The summed E-state index contributed by atoms with van der Waals surface area (Å²) in [6, 6.07) is 0. The van der Waals surface area contributed by atoms with Gasteiger partial charge in [-0.05, 0) is 25.7 Å². The van der Waals surface area contributed by atoms with Crippen LogP contribution in [0.5, 0.6) is 0 Å². The molecule has 1 saturated heterocycles. The quantitative estimate of drug-likeness (QED) is 0.877. The number of hydrogen-bond acceptors (Lipinski definition) is 6. The summed E-state index contributed by atoms with van der Waals surface area (Å²) >= 11 is 0. The zero-order valence-corrected chi connectivity index (χ0v) is 15.8. The van der Waals surface area contributed by atoms with Gasteiger partial charge >= 0.3 is 0 Å². The summed E-state index contributed by atoms with van der Waals surface area (Å²) in [6.45, 7) is 11.7. The molecule has 7 heteroatoms. The van der Waals surface area contributed by atoms with Gasteiger partial charge in [0.15, 0.2) is 17.0 Å². The van der Waals surface area contributed by atoms with Crippen LogP contribution in [0.4, 0.5) is 5.82 Å². The van der Waals surface area contributed by atoms with Crippen molar-refractivity contribution in [2.45, 2.75) is 59.2 Å². The van der Waals surface area contributed by atoms with Crippen LogP contribution < -0.4 is 4.90 Å². The minimum atomic E-state index is -0.495. The van der Waals surface area contributed by atoms with Crippen LogP contribution in [0, 0.1) is 11.3 Å². The fourth-order valence-electron chi connectivity index (χ4n) is 3.54. The lowest BCUT2D eigenvalue weighted by Gasteiger charge is -2.32. The molecule has 1 aliphatic heterocycles. The Labute approximate surface area is 148 Å². The standard InChI is InChI=1S/C18H29N5O2/c1-17(2,3)13(25)8-22-11-21-14-15(22)19-10-20-16(14)23-7-12(9-24)6-18(23,4)5/h10-13,24-25H,6-9H2,1-5H3. The normalized spacial score (nSPS) is 21.9. The second-order valence-electron chi connectivity index (χ2n) is 8.82. The minimum Gasteiger partial charge on any atom is -0.396 e. The van der Waals surface area contributed by atoms with Crippen molar-refractivity contribution in [1.82, 2.24) is 19.5 Å². The molecule has 0 saturated carbocycles. The molecule has 2 atom stereocenters. The predicted octanol–water partition coefficient (Wildman–Crippen LogP) is 1.83. The molecule has 0 radical (unpaired) electrons. The third-order valence-corrected chi connectivity index (χ3v) is 5.22. The molecule has 0 aliphatic carbocycles. The molecule has 138 valence electrons. The molecule has 25 heavy (non-hydrogen) atoms. The lowest BCUT2D eigenvalue weighted by molar-refractivity contribution is 0.0489. The van der Waals surface area contributed by atoms with Gasteiger partial charge in [-0.15, -0.1) is 0 Å². The van der Waals surface area contributed by atoms with Gasteiger partial charge in [-0.2, -0.15) is 0 Å². The number of aromatic nitrogens is 4. The van der Waals surface area contributed by atoms with Gasteiger partial charge in [-0.3, -0.25) is 0 Å². The summed E-state index contributed by atoms with van der Waals surface area (Å²) in [5.41, 5.74) is 1.17. The van der Waals surface area contributed by atoms with E-state index in [1.54, 1.807) is 12.7 Å². The first kappa shape index (κ1) is 18.1. The SMILES string of the molecule is CC(C)(C)C(O)Cn1cnc2c(N3CC(CO)CC3(C)C)ncnc21. The van der Waals surface area contributed by atoms with Crippen molar-refractivity contribution in [3.8, 4) is 0 Å². The summed E-state index contributed by atoms with van der Waals surface area (Å²) < 4.78 is 1.89. The Hall–Kier alpha value is -1.73. The molecular formula is C18H29N5O2. The van der Waals surface area contributed by atoms with Crippen LogP contribution in [0.15, 0.2) is 12.7 Å². The summed E-state index contributed by atoms with van der Waals surface area (Å²) in [5.74, 6) is 1.04. The zero-order chi connectivity index (χ0) is 18.4. The van der Waals surface area contributed by atoms with E-state index >= 15 is 0 Å². The van der Waals surface area contributed by atoms with Crippen LogP contribution >= 0.6 is 0 Å². The molecule has 3 rings (SSSR count). The topological polar surface area (TPSA) is 87.3 Å². The van der Waals surface area contributed by atoms with Crippen molar-refractivity contribution in [1.29, 1.82) is 0 Å². The van der Waals surface area contributed by atoms with Crippen molar-refractivity contribution < 1.29 is 10.2 Å². The maximum absolute atomic E-state index is 10.4. The molecule has 2 unspecified atom stereocenters. The molecule has 0 amide bonds. The predicted molar refractivity (Wildman–Crippen MR) is 97.4 cm³/mol. The van der Waals surface area contributed by atoms with E-state index in [0.29, 0.717) is 6.54 Å². The highest BCUT2D eigenvalue weighted by atomic mass is 16.3. The van der Waals surface area contributed by atoms with Crippen LogP contribution in [-0.2, 0) is 6.54 Å². The van der Waals surface area contributed by atoms with Gasteiger partial charge in [0, 0.05) is 24.6 Å². The Morgan fingerprint density at radius 1 is 1.28 bits per heavy atom. The average Bonchev–Trinajstić information content (AvgIpc) is 3.06. The fourth-order valence-corrected chi connectivity index (χ4v) is 3.54. The Morgan fingerprint density at radius 2 is 2.00 bits per heavy atom. The maximum atomic E-state index is 10.4. The number of aliphatic hydroxyl groups excluding tert-OH is 2. The van der Waals surface area contributed by atoms with Crippen molar-refractivity contribution in [2.75, 3.05) is 18.1 Å². The number of rotatable bonds is 4. The molecule has 3 heterocycles. The highest BCUT2D eigenvalue weighted by Crippen LogP contribution is 2.37. The lowest BCUT2D eigenvalue weighted by atomic mass is 9.89. The van der Waals surface area contributed by atoms with E-state index in [1.807, 2.05) is 25.3 Å². The largest absolute Gasteiger partial charge is 0.396 e. The summed E-state index contributed by atoms with van der Waals surface area (Å²) in [4.78, 5) is 15.6. The van der Waals surface area contributed by atoms with Gasteiger partial charge < -0.3 is 19.7 Å². The lowest BCUT2D eigenvalue weighted by Crippen LogP contribution is -2.39. The molecule has 0 spiro atoms. The van der Waals surface area contributed by atoms with Crippen molar-refractivity contribution >= 4 is 17.0 Å². The van der Waals surface area contributed by atoms with Gasteiger partial charge in [0.25, 0.3) is 0 Å². The van der Waals surface area contributed by atoms with Crippen LogP contribution in [0.1, 0.15) is 41.0 Å². The van der Waals surface area contributed by atoms with Crippen molar-refractivity contribution in [3.05, 3.63) is 12.7 Å². The fraction of sp³-hybridized carbons (Fsp3) is 0.722. The van der Waals surface area contributed by atoms with Gasteiger partial charge in [-0.1, -0.05) is 20.8 Å². The van der Waals surface area contributed by atoms with E-state index in [0.717, 1.165) is 29.9 Å². The number of imidazole rings is 1. The number of nitrogens with zero attached hydrogens (tertiary/aromatic N) is 5. The second kappa shape index (κ2) is 6.21. The third-order valence-electron chi connectivity index (χ3n) is 5.22. The number of anilines is 1. The Bertz CT molecular complexity index is 749. The molecule has 2 N–H and O–H groups in total. The summed E-state index contributed by atoms with van der Waals surface area (Å²) in [6.07, 6.45) is 3.70. The van der Waals surface area contributed by atoms with Crippen LogP contribution in [0.3, 0.4) is 0 Å². The number of fused-ring (bicyclic) bond motifs is 1. The molecular weight excluding hydrogens is 318 g/mol. The first-order valence-corrected chi connectivity index (χ1v) is 8.86.